The van der Waals surface area contributed by atoms with Crippen LogP contribution in [-0.2, 0) is 9.59 Å². The van der Waals surface area contributed by atoms with E-state index in [4.69, 9.17) is 5.11 Å². The van der Waals surface area contributed by atoms with Crippen molar-refractivity contribution in [3.05, 3.63) is 0 Å². The van der Waals surface area contributed by atoms with Crippen LogP contribution in [0.4, 0.5) is 4.79 Å². The first kappa shape index (κ1) is 16.6. The minimum atomic E-state index is -0.900. The Balaban J connectivity index is 2.57. The number of nitrogens with one attached hydrogen (secondary N) is 1. The Bertz CT molecular complexity index is 378. The number of carbonyl (C=O) groups excluding carboxylic acids is 2. The molecule has 0 aromatic heterocycles. The summed E-state index contributed by atoms with van der Waals surface area (Å²) in [6.45, 7) is 0.869. The van der Waals surface area contributed by atoms with Crippen molar-refractivity contribution in [3.63, 3.8) is 0 Å². The van der Waals surface area contributed by atoms with Crippen LogP contribution in [0.3, 0.4) is 0 Å². The lowest BCUT2D eigenvalue weighted by Gasteiger charge is -2.37. The first-order valence-corrected chi connectivity index (χ1v) is 7.63. The Labute approximate surface area is 122 Å². The molecule has 0 aromatic carbocycles. The zero-order valence-electron chi connectivity index (χ0n) is 11.8. The molecular weight excluding hydrogens is 282 g/mol. The molecule has 1 fully saturated rings. The van der Waals surface area contributed by atoms with Gasteiger partial charge in [-0.15, -0.1) is 0 Å². The van der Waals surface area contributed by atoms with Crippen molar-refractivity contribution in [2.75, 3.05) is 38.7 Å². The average Bonchev–Trinajstić information content (AvgIpc) is 2.43. The minimum Gasteiger partial charge on any atom is -0.481 e. The molecule has 0 aliphatic carbocycles. The number of amides is 3. The highest BCUT2D eigenvalue weighted by molar-refractivity contribution is 7.99. The molecule has 8 heteroatoms. The Hall–Kier alpha value is -1.44. The van der Waals surface area contributed by atoms with Crippen LogP contribution in [0.2, 0.25) is 0 Å². The van der Waals surface area contributed by atoms with Crippen LogP contribution in [0, 0.1) is 0 Å². The van der Waals surface area contributed by atoms with Crippen LogP contribution in [0.25, 0.3) is 0 Å². The third-order valence-electron chi connectivity index (χ3n) is 3.16. The molecule has 1 aliphatic heterocycles. The van der Waals surface area contributed by atoms with Gasteiger partial charge in [0.2, 0.25) is 5.91 Å². The van der Waals surface area contributed by atoms with Crippen LogP contribution in [0.15, 0.2) is 0 Å². The molecule has 0 radical (unpaired) electrons. The standard InChI is InChI=1S/C12H21N3O4S/c1-13-10(16)3-4-14(2)12(19)15-5-6-20-8-9(15)7-11(17)18/h9H,3-8H2,1-2H3,(H,13,16)(H,17,18). The number of carboxylic acids is 1. The van der Waals surface area contributed by atoms with Gasteiger partial charge in [0.15, 0.2) is 0 Å². The molecule has 3 amide bonds. The molecule has 1 saturated heterocycles. The Kier molecular flexibility index (Phi) is 6.63. The summed E-state index contributed by atoms with van der Waals surface area (Å²) in [5.74, 6) is 0.427. The van der Waals surface area contributed by atoms with Gasteiger partial charge in [0.1, 0.15) is 0 Å². The van der Waals surface area contributed by atoms with Crippen LogP contribution in [-0.4, -0.2) is 77.5 Å². The average molecular weight is 303 g/mol. The lowest BCUT2D eigenvalue weighted by molar-refractivity contribution is -0.138. The predicted octanol–water partition coefficient (Wildman–Crippen LogP) is 0.0664. The van der Waals surface area contributed by atoms with Crippen molar-refractivity contribution in [3.8, 4) is 0 Å². The van der Waals surface area contributed by atoms with E-state index in [1.807, 2.05) is 0 Å². The number of rotatable bonds is 5. The molecule has 1 heterocycles. The van der Waals surface area contributed by atoms with Crippen molar-refractivity contribution in [1.82, 2.24) is 15.1 Å². The maximum atomic E-state index is 12.3. The van der Waals surface area contributed by atoms with E-state index < -0.39 is 5.97 Å². The molecule has 1 rings (SSSR count). The Morgan fingerprint density at radius 3 is 2.75 bits per heavy atom. The number of aliphatic carboxylic acids is 1. The lowest BCUT2D eigenvalue weighted by atomic mass is 10.2. The quantitative estimate of drug-likeness (QED) is 0.750. The van der Waals surface area contributed by atoms with Crippen LogP contribution in [0.5, 0.6) is 0 Å². The molecule has 1 aliphatic rings. The smallest absolute Gasteiger partial charge is 0.320 e. The molecule has 2 N–H and O–H groups in total. The predicted molar refractivity (Wildman–Crippen MR) is 76.8 cm³/mol. The summed E-state index contributed by atoms with van der Waals surface area (Å²) in [5.41, 5.74) is 0. The monoisotopic (exact) mass is 303 g/mol. The van der Waals surface area contributed by atoms with Gasteiger partial charge in [-0.05, 0) is 0 Å². The fraction of sp³-hybridized carbons (Fsp3) is 0.750. The first-order valence-electron chi connectivity index (χ1n) is 6.47. The number of hydrogen-bond acceptors (Lipinski definition) is 4. The van der Waals surface area contributed by atoms with Gasteiger partial charge in [-0.2, -0.15) is 11.8 Å². The third-order valence-corrected chi connectivity index (χ3v) is 4.25. The summed E-state index contributed by atoms with van der Waals surface area (Å²) in [7, 11) is 3.18. The van der Waals surface area contributed by atoms with Gasteiger partial charge in [-0.3, -0.25) is 9.59 Å². The van der Waals surface area contributed by atoms with E-state index in [2.05, 4.69) is 5.32 Å². The van der Waals surface area contributed by atoms with Gasteiger partial charge in [-0.25, -0.2) is 4.79 Å². The number of hydrogen-bond donors (Lipinski definition) is 2. The summed E-state index contributed by atoms with van der Waals surface area (Å²) in [5, 5.41) is 11.4. The van der Waals surface area contributed by atoms with Crippen molar-refractivity contribution in [2.24, 2.45) is 0 Å². The summed E-state index contributed by atoms with van der Waals surface area (Å²) >= 11 is 1.66. The van der Waals surface area contributed by atoms with Gasteiger partial charge in [0.05, 0.1) is 12.5 Å². The number of nitrogens with zero attached hydrogens (tertiary/aromatic N) is 2. The Morgan fingerprint density at radius 1 is 1.45 bits per heavy atom. The molecule has 0 spiro atoms. The van der Waals surface area contributed by atoms with E-state index in [0.29, 0.717) is 18.8 Å². The van der Waals surface area contributed by atoms with E-state index in [-0.39, 0.29) is 30.8 Å². The fourth-order valence-corrected chi connectivity index (χ4v) is 3.05. The highest BCUT2D eigenvalue weighted by Gasteiger charge is 2.30. The topological polar surface area (TPSA) is 90.0 Å². The summed E-state index contributed by atoms with van der Waals surface area (Å²) < 4.78 is 0. The number of thioether (sulfide) groups is 1. The second kappa shape index (κ2) is 7.98. The molecule has 0 bridgehead atoms. The summed E-state index contributed by atoms with van der Waals surface area (Å²) in [6.07, 6.45) is 0.201. The maximum absolute atomic E-state index is 12.3. The lowest BCUT2D eigenvalue weighted by Crippen LogP contribution is -2.52. The number of carboxylic acid groups (broad SMARTS) is 1. The molecule has 114 valence electrons. The van der Waals surface area contributed by atoms with E-state index in [0.717, 1.165) is 5.75 Å². The molecule has 0 aromatic rings. The van der Waals surface area contributed by atoms with Crippen LogP contribution >= 0.6 is 11.8 Å². The van der Waals surface area contributed by atoms with E-state index in [1.54, 1.807) is 30.8 Å². The maximum Gasteiger partial charge on any atom is 0.320 e. The zero-order valence-corrected chi connectivity index (χ0v) is 12.6. The SMILES string of the molecule is CNC(=O)CCN(C)C(=O)N1CCSCC1CC(=O)O. The minimum absolute atomic E-state index is 0.0397. The zero-order chi connectivity index (χ0) is 15.1. The fourth-order valence-electron chi connectivity index (χ4n) is 1.99. The van der Waals surface area contributed by atoms with Gasteiger partial charge in [0, 0.05) is 45.1 Å². The molecule has 1 unspecified atom stereocenters. The van der Waals surface area contributed by atoms with Gasteiger partial charge in [0.25, 0.3) is 0 Å². The highest BCUT2D eigenvalue weighted by Crippen LogP contribution is 2.20. The van der Waals surface area contributed by atoms with Crippen molar-refractivity contribution >= 4 is 29.7 Å². The number of urea groups is 1. The molecule has 1 atom stereocenters. The largest absolute Gasteiger partial charge is 0.481 e. The second-order valence-corrected chi connectivity index (χ2v) is 5.80. The van der Waals surface area contributed by atoms with Gasteiger partial charge in [-0.1, -0.05) is 0 Å². The van der Waals surface area contributed by atoms with Gasteiger partial charge < -0.3 is 20.2 Å². The second-order valence-electron chi connectivity index (χ2n) is 4.65. The molecule has 0 saturated carbocycles. The van der Waals surface area contributed by atoms with E-state index in [1.165, 1.54) is 4.90 Å². The van der Waals surface area contributed by atoms with Crippen LogP contribution < -0.4 is 5.32 Å². The van der Waals surface area contributed by atoms with Crippen molar-refractivity contribution in [1.29, 1.82) is 0 Å². The van der Waals surface area contributed by atoms with Crippen LogP contribution in [0.1, 0.15) is 12.8 Å². The van der Waals surface area contributed by atoms with E-state index >= 15 is 0 Å². The Morgan fingerprint density at radius 2 is 2.15 bits per heavy atom. The van der Waals surface area contributed by atoms with Gasteiger partial charge >= 0.3 is 12.0 Å². The van der Waals surface area contributed by atoms with Crippen molar-refractivity contribution in [2.45, 2.75) is 18.9 Å². The van der Waals surface area contributed by atoms with E-state index in [9.17, 15) is 14.4 Å². The summed E-state index contributed by atoms with van der Waals surface area (Å²) in [6, 6.07) is -0.485. The highest BCUT2D eigenvalue weighted by atomic mass is 32.2. The normalized spacial score (nSPS) is 18.5. The molecule has 7 nitrogen and oxygen atoms in total. The summed E-state index contributed by atoms with van der Waals surface area (Å²) in [4.78, 5) is 37.4. The third kappa shape index (κ3) is 4.92. The van der Waals surface area contributed by atoms with Crippen molar-refractivity contribution < 1.29 is 19.5 Å². The number of carbonyl (C=O) groups is 3. The molecular formula is C12H21N3O4S. The molecule has 20 heavy (non-hydrogen) atoms. The first-order chi connectivity index (χ1) is 9.45.